The summed E-state index contributed by atoms with van der Waals surface area (Å²) in [6, 6.07) is 10.9. The molecule has 3 aromatic heterocycles. The van der Waals surface area contributed by atoms with Gasteiger partial charge < -0.3 is 4.40 Å². The largest absolute Gasteiger partial charge is 0.306 e. The Balaban J connectivity index is 2.24. The van der Waals surface area contributed by atoms with E-state index in [-0.39, 0.29) is 16.3 Å². The number of benzene rings is 3. The molecule has 0 aliphatic heterocycles. The average molecular weight is 701 g/mol. The minimum atomic E-state index is -0.140. The molecule has 7 heteroatoms. The molecule has 0 unspecified atom stereocenters. The first-order chi connectivity index (χ1) is 13.4. The Bertz CT molecular complexity index is 1490. The summed E-state index contributed by atoms with van der Waals surface area (Å²) in [7, 11) is 0. The van der Waals surface area contributed by atoms with E-state index in [4.69, 9.17) is 0 Å². The van der Waals surface area contributed by atoms with Crippen LogP contribution in [0, 0.1) is 10.7 Å². The highest BCUT2D eigenvalue weighted by Gasteiger charge is 2.23. The third kappa shape index (κ3) is 2.02. The van der Waals surface area contributed by atoms with Gasteiger partial charge in [0.05, 0.1) is 16.6 Å². The predicted octanol–water partition coefficient (Wildman–Crippen LogP) is 4.76. The fraction of sp³-hybridized carbons (Fsp3) is 0. The molecular formula is C21H6I3NO3. The molecule has 0 amide bonds. The van der Waals surface area contributed by atoms with Crippen molar-refractivity contribution in [2.45, 2.75) is 0 Å². The maximum Gasteiger partial charge on any atom is 0.197 e. The van der Waals surface area contributed by atoms with Crippen molar-refractivity contribution in [3.8, 4) is 0 Å². The molecule has 28 heavy (non-hydrogen) atoms. The van der Waals surface area contributed by atoms with Crippen molar-refractivity contribution >= 4 is 117 Å². The van der Waals surface area contributed by atoms with Crippen LogP contribution in [0.5, 0.6) is 0 Å². The summed E-state index contributed by atoms with van der Waals surface area (Å²) in [6.45, 7) is 0. The molecule has 134 valence electrons. The maximum atomic E-state index is 13.3. The van der Waals surface area contributed by atoms with Crippen molar-refractivity contribution in [2.24, 2.45) is 0 Å². The first-order valence-electron chi connectivity index (χ1n) is 8.31. The summed E-state index contributed by atoms with van der Waals surface area (Å²) in [6.07, 6.45) is 0. The zero-order chi connectivity index (χ0) is 19.5. The Morgan fingerprint density at radius 2 is 0.679 bits per heavy atom. The van der Waals surface area contributed by atoms with Gasteiger partial charge in [0.1, 0.15) is 0 Å². The number of rotatable bonds is 0. The molecule has 3 heterocycles. The van der Waals surface area contributed by atoms with Gasteiger partial charge >= 0.3 is 0 Å². The summed E-state index contributed by atoms with van der Waals surface area (Å²) >= 11 is 6.42. The summed E-state index contributed by atoms with van der Waals surface area (Å²) in [5.41, 5.74) is 1.39. The van der Waals surface area contributed by atoms with E-state index in [9.17, 15) is 14.4 Å². The second-order valence-electron chi connectivity index (χ2n) is 6.87. The van der Waals surface area contributed by atoms with Gasteiger partial charge in [-0.1, -0.05) is 0 Å². The second-order valence-corrected chi connectivity index (χ2v) is 10.6. The third-order valence-electron chi connectivity index (χ3n) is 5.36. The molecule has 0 aliphatic carbocycles. The van der Waals surface area contributed by atoms with Crippen LogP contribution in [0.25, 0.3) is 48.9 Å². The van der Waals surface area contributed by atoms with E-state index in [0.717, 1.165) is 10.7 Å². The standard InChI is InChI=1S/C21H6I3NO3/c22-7-1-10-16-11(2-7)20(27)14-5-9(24)6-15-18(14)25(16)17-12(19(10)26)3-8(23)4-13(17)21(15)28/h1-6H. The van der Waals surface area contributed by atoms with Crippen molar-refractivity contribution in [1.29, 1.82) is 0 Å². The van der Waals surface area contributed by atoms with E-state index in [2.05, 4.69) is 67.8 Å². The Morgan fingerprint density at radius 1 is 0.464 bits per heavy atom. The normalized spacial score (nSPS) is 12.5. The molecule has 0 N–H and O–H groups in total. The minimum absolute atomic E-state index is 0.140. The highest BCUT2D eigenvalue weighted by atomic mass is 127. The molecule has 0 aliphatic rings. The van der Waals surface area contributed by atoms with Gasteiger partial charge in [0.25, 0.3) is 0 Å². The van der Waals surface area contributed by atoms with Gasteiger partial charge in [-0.2, -0.15) is 0 Å². The van der Waals surface area contributed by atoms with Crippen LogP contribution in [0.4, 0.5) is 0 Å². The van der Waals surface area contributed by atoms with Crippen LogP contribution < -0.4 is 16.3 Å². The van der Waals surface area contributed by atoms with Crippen LogP contribution in [0.1, 0.15) is 0 Å². The topological polar surface area (TPSA) is 55.6 Å². The van der Waals surface area contributed by atoms with Crippen molar-refractivity contribution in [3.63, 3.8) is 0 Å². The minimum Gasteiger partial charge on any atom is -0.306 e. The van der Waals surface area contributed by atoms with E-state index in [0.29, 0.717) is 48.9 Å². The Labute approximate surface area is 197 Å². The SMILES string of the molecule is O=c1c2cc(I)cc3c(=O)c4cc(I)cc5c(=O)c6cc(I)cc1c6n(c23)c45. The third-order valence-corrected chi connectivity index (χ3v) is 7.23. The smallest absolute Gasteiger partial charge is 0.197 e. The molecule has 4 nitrogen and oxygen atoms in total. The molecule has 0 saturated heterocycles. The lowest BCUT2D eigenvalue weighted by atomic mass is 9.98. The van der Waals surface area contributed by atoms with Crippen LogP contribution in [-0.4, -0.2) is 4.40 Å². The van der Waals surface area contributed by atoms with Gasteiger partial charge in [-0.15, -0.1) is 0 Å². The highest BCUT2D eigenvalue weighted by molar-refractivity contribution is 14.1. The fourth-order valence-corrected chi connectivity index (χ4v) is 6.20. The molecular weight excluding hydrogens is 695 g/mol. The van der Waals surface area contributed by atoms with Gasteiger partial charge in [-0.3, -0.25) is 14.4 Å². The first-order valence-corrected chi connectivity index (χ1v) is 11.6. The molecule has 0 saturated carbocycles. The maximum absolute atomic E-state index is 13.3. The average Bonchev–Trinajstić information content (AvgIpc) is 2.65. The van der Waals surface area contributed by atoms with Crippen LogP contribution in [-0.2, 0) is 0 Å². The van der Waals surface area contributed by atoms with E-state index < -0.39 is 0 Å². The summed E-state index contributed by atoms with van der Waals surface area (Å²) in [5, 5.41) is 3.08. The van der Waals surface area contributed by atoms with E-state index in [1.807, 2.05) is 40.8 Å². The van der Waals surface area contributed by atoms with E-state index in [1.165, 1.54) is 0 Å². The van der Waals surface area contributed by atoms with Crippen molar-refractivity contribution in [3.05, 3.63) is 77.8 Å². The molecule has 0 fully saturated rings. The number of hydrogen-bond donors (Lipinski definition) is 0. The number of pyridine rings is 3. The molecule has 0 bridgehead atoms. The van der Waals surface area contributed by atoms with Gasteiger partial charge in [0, 0.05) is 43.0 Å². The van der Waals surface area contributed by atoms with E-state index >= 15 is 0 Å². The van der Waals surface area contributed by atoms with Crippen LogP contribution in [0.3, 0.4) is 0 Å². The Morgan fingerprint density at radius 3 is 0.893 bits per heavy atom. The van der Waals surface area contributed by atoms with Crippen molar-refractivity contribution < 1.29 is 0 Å². The van der Waals surface area contributed by atoms with Gasteiger partial charge in [0.15, 0.2) is 16.3 Å². The van der Waals surface area contributed by atoms with Gasteiger partial charge in [-0.05, 0) is 104 Å². The first kappa shape index (κ1) is 17.5. The van der Waals surface area contributed by atoms with Crippen molar-refractivity contribution in [2.75, 3.05) is 0 Å². The Kier molecular flexibility index (Phi) is 3.52. The molecule has 0 atom stereocenters. The Hall–Kier alpha value is -1.34. The number of aromatic nitrogens is 1. The number of hydrogen-bond acceptors (Lipinski definition) is 3. The molecule has 6 aromatic rings. The highest BCUT2D eigenvalue weighted by Crippen LogP contribution is 2.33. The number of halogens is 3. The zero-order valence-corrected chi connectivity index (χ0v) is 20.2. The van der Waals surface area contributed by atoms with Gasteiger partial charge in [0.2, 0.25) is 0 Å². The van der Waals surface area contributed by atoms with Crippen molar-refractivity contribution in [1.82, 2.24) is 4.40 Å². The second kappa shape index (κ2) is 5.63. The number of nitrogens with zero attached hydrogens (tertiary/aromatic N) is 1. The summed E-state index contributed by atoms with van der Waals surface area (Å²) in [4.78, 5) is 40.0. The predicted molar refractivity (Wildman–Crippen MR) is 138 cm³/mol. The molecule has 3 aromatic carbocycles. The fourth-order valence-electron chi connectivity index (χ4n) is 4.33. The van der Waals surface area contributed by atoms with Gasteiger partial charge in [-0.25, -0.2) is 0 Å². The quantitative estimate of drug-likeness (QED) is 0.131. The summed E-state index contributed by atoms with van der Waals surface area (Å²) in [5.74, 6) is 0. The van der Waals surface area contributed by atoms with Crippen LogP contribution in [0.15, 0.2) is 50.8 Å². The monoisotopic (exact) mass is 701 g/mol. The van der Waals surface area contributed by atoms with E-state index in [1.54, 1.807) is 0 Å². The lowest BCUT2D eigenvalue weighted by Crippen LogP contribution is -2.19. The zero-order valence-electron chi connectivity index (χ0n) is 13.8. The molecule has 0 radical (unpaired) electrons. The van der Waals surface area contributed by atoms with Crippen LogP contribution >= 0.6 is 67.8 Å². The lowest BCUT2D eigenvalue weighted by molar-refractivity contribution is 1.31. The molecule has 6 rings (SSSR count). The lowest BCUT2D eigenvalue weighted by Gasteiger charge is -2.18. The molecule has 0 spiro atoms. The summed E-state index contributed by atoms with van der Waals surface area (Å²) < 4.78 is 4.48. The van der Waals surface area contributed by atoms with Crippen LogP contribution in [0.2, 0.25) is 0 Å².